The SMILES string of the molecule is COC(=O)C1(Nc2ccc(C)cc2)CC(C)CC(C)C1. The second kappa shape index (κ2) is 5.86. The summed E-state index contributed by atoms with van der Waals surface area (Å²) in [6.07, 6.45) is 2.84. The van der Waals surface area contributed by atoms with Gasteiger partial charge in [0, 0.05) is 5.69 Å². The van der Waals surface area contributed by atoms with E-state index in [1.807, 2.05) is 12.1 Å². The zero-order valence-corrected chi connectivity index (χ0v) is 12.9. The first-order valence-electron chi connectivity index (χ1n) is 7.38. The van der Waals surface area contributed by atoms with Crippen LogP contribution in [0.4, 0.5) is 5.69 Å². The Morgan fingerprint density at radius 3 is 2.25 bits per heavy atom. The van der Waals surface area contributed by atoms with Crippen LogP contribution < -0.4 is 5.32 Å². The summed E-state index contributed by atoms with van der Waals surface area (Å²) in [7, 11) is 1.48. The molecule has 1 aliphatic carbocycles. The van der Waals surface area contributed by atoms with E-state index < -0.39 is 5.54 Å². The number of carbonyl (C=O) groups excluding carboxylic acids is 1. The van der Waals surface area contributed by atoms with Gasteiger partial charge in [-0.25, -0.2) is 4.79 Å². The van der Waals surface area contributed by atoms with Gasteiger partial charge in [-0.05, 0) is 50.2 Å². The summed E-state index contributed by atoms with van der Waals surface area (Å²) < 4.78 is 5.08. The Morgan fingerprint density at radius 2 is 1.75 bits per heavy atom. The summed E-state index contributed by atoms with van der Waals surface area (Å²) >= 11 is 0. The number of nitrogens with one attached hydrogen (secondary N) is 1. The fraction of sp³-hybridized carbons (Fsp3) is 0.588. The van der Waals surface area contributed by atoms with Crippen LogP contribution in [-0.4, -0.2) is 18.6 Å². The van der Waals surface area contributed by atoms with E-state index in [0.29, 0.717) is 11.8 Å². The molecule has 1 saturated carbocycles. The number of esters is 1. The normalized spacial score (nSPS) is 29.8. The third-order valence-electron chi connectivity index (χ3n) is 4.21. The Kier molecular flexibility index (Phi) is 4.36. The molecule has 0 saturated heterocycles. The third-order valence-corrected chi connectivity index (χ3v) is 4.21. The van der Waals surface area contributed by atoms with Gasteiger partial charge in [-0.1, -0.05) is 31.5 Å². The molecule has 2 atom stereocenters. The number of hydrogen-bond donors (Lipinski definition) is 1. The summed E-state index contributed by atoms with van der Waals surface area (Å²) in [5.41, 5.74) is 1.62. The molecular weight excluding hydrogens is 250 g/mol. The minimum atomic E-state index is -0.582. The van der Waals surface area contributed by atoms with Crippen molar-refractivity contribution in [1.29, 1.82) is 0 Å². The van der Waals surface area contributed by atoms with Gasteiger partial charge < -0.3 is 10.1 Å². The number of methoxy groups -OCH3 is 1. The number of benzene rings is 1. The molecule has 1 aromatic carbocycles. The second-order valence-electron chi connectivity index (χ2n) is 6.42. The van der Waals surface area contributed by atoms with Crippen molar-refractivity contribution in [3.8, 4) is 0 Å². The van der Waals surface area contributed by atoms with Gasteiger partial charge >= 0.3 is 5.97 Å². The van der Waals surface area contributed by atoms with Crippen LogP contribution in [0, 0.1) is 18.8 Å². The van der Waals surface area contributed by atoms with Crippen LogP contribution in [0.15, 0.2) is 24.3 Å². The van der Waals surface area contributed by atoms with Crippen LogP contribution in [0.5, 0.6) is 0 Å². The molecule has 0 spiro atoms. The maximum Gasteiger partial charge on any atom is 0.331 e. The van der Waals surface area contributed by atoms with Crippen LogP contribution >= 0.6 is 0 Å². The summed E-state index contributed by atoms with van der Waals surface area (Å²) in [5, 5.41) is 3.46. The minimum absolute atomic E-state index is 0.142. The van der Waals surface area contributed by atoms with Crippen LogP contribution in [0.3, 0.4) is 0 Å². The minimum Gasteiger partial charge on any atom is -0.467 e. The lowest BCUT2D eigenvalue weighted by Gasteiger charge is -2.41. The number of carbonyl (C=O) groups is 1. The van der Waals surface area contributed by atoms with E-state index in [0.717, 1.165) is 18.5 Å². The quantitative estimate of drug-likeness (QED) is 0.853. The van der Waals surface area contributed by atoms with Gasteiger partial charge in [0.15, 0.2) is 0 Å². The van der Waals surface area contributed by atoms with Crippen LogP contribution in [0.2, 0.25) is 0 Å². The summed E-state index contributed by atoms with van der Waals surface area (Å²) in [5.74, 6) is 0.906. The van der Waals surface area contributed by atoms with Crippen molar-refractivity contribution >= 4 is 11.7 Å². The van der Waals surface area contributed by atoms with Crippen molar-refractivity contribution in [2.75, 3.05) is 12.4 Å². The summed E-state index contributed by atoms with van der Waals surface area (Å²) in [6.45, 7) is 6.49. The molecule has 2 rings (SSSR count). The van der Waals surface area contributed by atoms with Gasteiger partial charge in [0.05, 0.1) is 7.11 Å². The predicted octanol–water partition coefficient (Wildman–Crippen LogP) is 3.77. The van der Waals surface area contributed by atoms with Crippen molar-refractivity contribution < 1.29 is 9.53 Å². The number of rotatable bonds is 3. The zero-order valence-electron chi connectivity index (χ0n) is 12.9. The van der Waals surface area contributed by atoms with E-state index in [9.17, 15) is 4.79 Å². The molecule has 0 aromatic heterocycles. The first-order valence-corrected chi connectivity index (χ1v) is 7.38. The molecule has 0 aliphatic heterocycles. The maximum absolute atomic E-state index is 12.4. The fourth-order valence-electron chi connectivity index (χ4n) is 3.55. The summed E-state index contributed by atoms with van der Waals surface area (Å²) in [4.78, 5) is 12.4. The first-order chi connectivity index (χ1) is 9.45. The molecule has 1 aromatic rings. The molecule has 0 radical (unpaired) electrons. The molecule has 0 amide bonds. The van der Waals surface area contributed by atoms with Crippen molar-refractivity contribution in [3.05, 3.63) is 29.8 Å². The number of aryl methyl sites for hydroxylation is 1. The van der Waals surface area contributed by atoms with E-state index in [1.54, 1.807) is 0 Å². The lowest BCUT2D eigenvalue weighted by Crippen LogP contribution is -2.52. The average molecular weight is 275 g/mol. The van der Waals surface area contributed by atoms with Gasteiger partial charge in [-0.3, -0.25) is 0 Å². The highest BCUT2D eigenvalue weighted by molar-refractivity contribution is 5.84. The van der Waals surface area contributed by atoms with Gasteiger partial charge in [0.1, 0.15) is 5.54 Å². The van der Waals surface area contributed by atoms with Gasteiger partial charge in [0.2, 0.25) is 0 Å². The molecule has 2 unspecified atom stereocenters. The molecule has 20 heavy (non-hydrogen) atoms. The van der Waals surface area contributed by atoms with Gasteiger partial charge in [-0.2, -0.15) is 0 Å². The monoisotopic (exact) mass is 275 g/mol. The van der Waals surface area contributed by atoms with Crippen LogP contribution in [0.25, 0.3) is 0 Å². The summed E-state index contributed by atoms with van der Waals surface area (Å²) in [6, 6.07) is 8.18. The van der Waals surface area contributed by atoms with Crippen molar-refractivity contribution in [2.45, 2.75) is 45.6 Å². The Labute approximate surface area is 121 Å². The molecule has 0 bridgehead atoms. The molecule has 3 nitrogen and oxygen atoms in total. The standard InChI is InChI=1S/C17H25NO2/c1-12-5-7-15(8-6-12)18-17(16(19)20-4)10-13(2)9-14(3)11-17/h5-8,13-14,18H,9-11H2,1-4H3. The average Bonchev–Trinajstić information content (AvgIpc) is 2.39. The molecule has 0 heterocycles. The van der Waals surface area contributed by atoms with E-state index in [4.69, 9.17) is 4.74 Å². The molecule has 1 N–H and O–H groups in total. The van der Waals surface area contributed by atoms with Crippen LogP contribution in [-0.2, 0) is 9.53 Å². The Bertz CT molecular complexity index is 456. The lowest BCUT2D eigenvalue weighted by molar-refractivity contribution is -0.148. The Morgan fingerprint density at radius 1 is 1.20 bits per heavy atom. The number of ether oxygens (including phenoxy) is 1. The molecule has 3 heteroatoms. The van der Waals surface area contributed by atoms with E-state index in [2.05, 4.69) is 38.2 Å². The highest BCUT2D eigenvalue weighted by Crippen LogP contribution is 2.39. The fourth-order valence-corrected chi connectivity index (χ4v) is 3.55. The third kappa shape index (κ3) is 3.14. The largest absolute Gasteiger partial charge is 0.467 e. The highest BCUT2D eigenvalue weighted by Gasteiger charge is 2.45. The number of hydrogen-bond acceptors (Lipinski definition) is 3. The predicted molar refractivity (Wildman–Crippen MR) is 81.7 cm³/mol. The smallest absolute Gasteiger partial charge is 0.331 e. The zero-order chi connectivity index (χ0) is 14.8. The highest BCUT2D eigenvalue weighted by atomic mass is 16.5. The van der Waals surface area contributed by atoms with Crippen molar-refractivity contribution in [2.24, 2.45) is 11.8 Å². The Hall–Kier alpha value is -1.51. The second-order valence-corrected chi connectivity index (χ2v) is 6.42. The molecule has 1 aliphatic rings. The van der Waals surface area contributed by atoms with Crippen molar-refractivity contribution in [1.82, 2.24) is 0 Å². The molecular formula is C17H25NO2. The van der Waals surface area contributed by atoms with E-state index >= 15 is 0 Å². The number of anilines is 1. The topological polar surface area (TPSA) is 38.3 Å². The molecule has 1 fully saturated rings. The first kappa shape index (κ1) is 14.9. The van der Waals surface area contributed by atoms with Crippen molar-refractivity contribution in [3.63, 3.8) is 0 Å². The van der Waals surface area contributed by atoms with E-state index in [1.165, 1.54) is 19.1 Å². The lowest BCUT2D eigenvalue weighted by atomic mass is 9.71. The van der Waals surface area contributed by atoms with Gasteiger partial charge in [-0.15, -0.1) is 0 Å². The van der Waals surface area contributed by atoms with E-state index in [-0.39, 0.29) is 5.97 Å². The molecule has 110 valence electrons. The van der Waals surface area contributed by atoms with Crippen LogP contribution in [0.1, 0.15) is 38.7 Å². The Balaban J connectivity index is 2.27. The maximum atomic E-state index is 12.4. The van der Waals surface area contributed by atoms with Gasteiger partial charge in [0.25, 0.3) is 0 Å².